The summed E-state index contributed by atoms with van der Waals surface area (Å²) >= 11 is 1.71. The monoisotopic (exact) mass is 693 g/mol. The van der Waals surface area contributed by atoms with Crippen LogP contribution in [0.5, 0.6) is 0 Å². The van der Waals surface area contributed by atoms with Crippen molar-refractivity contribution < 1.29 is 28.6 Å². The van der Waals surface area contributed by atoms with E-state index in [1.165, 1.54) is 16.5 Å². The summed E-state index contributed by atoms with van der Waals surface area (Å²) in [5.41, 5.74) is 6.60. The normalized spacial score (nSPS) is 12.3. The van der Waals surface area contributed by atoms with Crippen molar-refractivity contribution in [2.24, 2.45) is 0 Å². The number of hydrogen-bond acceptors (Lipinski definition) is 5. The number of nitrogens with zero attached hydrogens (tertiary/aromatic N) is 3. The van der Waals surface area contributed by atoms with Crippen molar-refractivity contribution in [1.29, 1.82) is 0 Å². The van der Waals surface area contributed by atoms with Crippen molar-refractivity contribution in [3.63, 3.8) is 0 Å². The summed E-state index contributed by atoms with van der Waals surface area (Å²) in [5.74, 6) is 0. The summed E-state index contributed by atoms with van der Waals surface area (Å²) in [6.45, 7) is 1.82. The van der Waals surface area contributed by atoms with Gasteiger partial charge in [0.2, 0.25) is 5.71 Å². The predicted molar refractivity (Wildman–Crippen MR) is 152 cm³/mol. The summed E-state index contributed by atoms with van der Waals surface area (Å²) in [6.07, 6.45) is 1.87. The van der Waals surface area contributed by atoms with E-state index in [4.69, 9.17) is 13.5 Å². The Morgan fingerprint density at radius 3 is 2.55 bits per heavy atom. The van der Waals surface area contributed by atoms with Crippen LogP contribution in [-0.4, -0.2) is 15.0 Å². The van der Waals surface area contributed by atoms with E-state index in [1.54, 1.807) is 17.4 Å². The minimum Gasteiger partial charge on any atom is -0.486 e. The van der Waals surface area contributed by atoms with Crippen molar-refractivity contribution in [3.05, 3.63) is 113 Å². The zero-order valence-electron chi connectivity index (χ0n) is 23.6. The zero-order chi connectivity index (χ0) is 27.9. The van der Waals surface area contributed by atoms with Gasteiger partial charge in [0, 0.05) is 46.4 Å². The molecule has 5 aromatic heterocycles. The number of furan rings is 1. The minimum absolute atomic E-state index is 0. The molecule has 0 bridgehead atoms. The average Bonchev–Trinajstić information content (AvgIpc) is 3.52. The molecule has 7 rings (SSSR count). The smallest absolute Gasteiger partial charge is 0.216 e. The van der Waals surface area contributed by atoms with Crippen molar-refractivity contribution in [2.75, 3.05) is 0 Å². The first-order valence-corrected chi connectivity index (χ1v) is 12.6. The number of hydrogen-bond donors (Lipinski definition) is 0. The van der Waals surface area contributed by atoms with E-state index in [1.807, 2.05) is 61.7 Å². The molecule has 0 aliphatic carbocycles. The molecular formula is C32H23IrN3OS-2. The summed E-state index contributed by atoms with van der Waals surface area (Å²) < 4.78 is 29.8. The minimum atomic E-state index is -2.27. The Kier molecular flexibility index (Phi) is 6.43. The topological polar surface area (TPSA) is 51.8 Å². The van der Waals surface area contributed by atoms with Crippen LogP contribution in [0.1, 0.15) is 20.2 Å². The average molecular weight is 693 g/mol. The first kappa shape index (κ1) is 22.3. The summed E-state index contributed by atoms with van der Waals surface area (Å²) in [5, 5.41) is 1.65. The van der Waals surface area contributed by atoms with E-state index in [2.05, 4.69) is 47.2 Å². The molecule has 6 heteroatoms. The van der Waals surface area contributed by atoms with E-state index >= 15 is 0 Å². The summed E-state index contributed by atoms with van der Waals surface area (Å²) in [6, 6.07) is 31.4. The SMILES string of the molecule is Cc1ccc(-c2[c-]cccc2)nc1.[2H]C([2H])([2H])c1ccc2c(n1)oc1c(-c3ccc4sc(C)cc4n3)[c-]ccc12.[Ir]. The van der Waals surface area contributed by atoms with Gasteiger partial charge in [0.25, 0.3) is 0 Å². The van der Waals surface area contributed by atoms with Crippen LogP contribution in [0.4, 0.5) is 0 Å². The van der Waals surface area contributed by atoms with Crippen LogP contribution < -0.4 is 0 Å². The van der Waals surface area contributed by atoms with Gasteiger partial charge in [-0.15, -0.1) is 65.4 Å². The molecule has 0 spiro atoms. The standard InChI is InChI=1S/C20H13N2OS.C12H10N.Ir/c1-11-6-7-14-13-4-3-5-15(19(13)23-20(14)21-11)16-8-9-18-17(22-16)10-12(2)24-18;1-10-7-8-12(13-9-10)11-5-3-2-4-6-11;/h3-4,6-10H,1-2H3;2-5,7-9H,1H3;/q2*-1;/i1D3;;. The maximum atomic E-state index is 7.55. The van der Waals surface area contributed by atoms with E-state index in [9.17, 15) is 0 Å². The third-order valence-electron chi connectivity index (χ3n) is 5.95. The molecule has 4 nitrogen and oxygen atoms in total. The van der Waals surface area contributed by atoms with Gasteiger partial charge >= 0.3 is 0 Å². The van der Waals surface area contributed by atoms with Gasteiger partial charge in [0.1, 0.15) is 0 Å². The number of rotatable bonds is 2. The fraction of sp³-hybridized carbons (Fsp3) is 0.0938. The Morgan fingerprint density at radius 2 is 1.76 bits per heavy atom. The molecule has 0 atom stereocenters. The van der Waals surface area contributed by atoms with Crippen molar-refractivity contribution in [2.45, 2.75) is 20.7 Å². The van der Waals surface area contributed by atoms with E-state index in [0.717, 1.165) is 43.5 Å². The van der Waals surface area contributed by atoms with Crippen LogP contribution in [0, 0.1) is 32.8 Å². The van der Waals surface area contributed by atoms with Gasteiger partial charge in [-0.2, -0.15) is 0 Å². The molecule has 0 aliphatic rings. The van der Waals surface area contributed by atoms with Crippen molar-refractivity contribution >= 4 is 43.6 Å². The summed E-state index contributed by atoms with van der Waals surface area (Å²) in [7, 11) is 0. The van der Waals surface area contributed by atoms with Gasteiger partial charge in [-0.25, -0.2) is 4.98 Å². The molecule has 0 saturated carbocycles. The van der Waals surface area contributed by atoms with Crippen LogP contribution >= 0.6 is 11.3 Å². The Balaban J connectivity index is 0.000000204. The molecule has 0 aliphatic heterocycles. The molecule has 38 heavy (non-hydrogen) atoms. The predicted octanol–water partition coefficient (Wildman–Crippen LogP) is 8.53. The molecule has 0 unspecified atom stereocenters. The van der Waals surface area contributed by atoms with Gasteiger partial charge in [-0.05, 0) is 61.9 Å². The number of aromatic nitrogens is 3. The molecule has 189 valence electrons. The molecule has 1 radical (unpaired) electrons. The van der Waals surface area contributed by atoms with Gasteiger partial charge in [0.05, 0.1) is 15.8 Å². The molecule has 0 saturated heterocycles. The largest absolute Gasteiger partial charge is 0.486 e. The van der Waals surface area contributed by atoms with Crippen LogP contribution in [0.3, 0.4) is 0 Å². The first-order valence-electron chi connectivity index (χ1n) is 13.3. The van der Waals surface area contributed by atoms with Crippen LogP contribution in [0.2, 0.25) is 0 Å². The fourth-order valence-electron chi connectivity index (χ4n) is 4.18. The number of aryl methyl sites for hydroxylation is 3. The Labute approximate surface area is 243 Å². The number of thiophene rings is 1. The van der Waals surface area contributed by atoms with Gasteiger partial charge < -0.3 is 9.40 Å². The molecular weight excluding hydrogens is 667 g/mol. The second kappa shape index (κ2) is 11.0. The number of benzene rings is 2. The third kappa shape index (κ3) is 5.16. The second-order valence-electron chi connectivity index (χ2n) is 8.68. The number of pyridine rings is 3. The molecule has 0 N–H and O–H groups in total. The maximum Gasteiger partial charge on any atom is 0.216 e. The molecule has 0 fully saturated rings. The maximum absolute atomic E-state index is 7.55. The molecule has 5 heterocycles. The zero-order valence-corrected chi connectivity index (χ0v) is 23.8. The van der Waals surface area contributed by atoms with E-state index in [0.29, 0.717) is 11.3 Å². The number of fused-ring (bicyclic) bond motifs is 4. The summed E-state index contributed by atoms with van der Waals surface area (Å²) in [4.78, 5) is 14.5. The van der Waals surface area contributed by atoms with Gasteiger partial charge in [-0.1, -0.05) is 29.1 Å². The van der Waals surface area contributed by atoms with Crippen LogP contribution in [0.15, 0.2) is 89.5 Å². The van der Waals surface area contributed by atoms with E-state index in [-0.39, 0.29) is 25.8 Å². The van der Waals surface area contributed by atoms with Crippen LogP contribution in [0.25, 0.3) is 54.8 Å². The Bertz CT molecular complexity index is 1970. The Morgan fingerprint density at radius 1 is 0.868 bits per heavy atom. The van der Waals surface area contributed by atoms with Gasteiger partial charge in [-0.3, -0.25) is 4.98 Å². The molecule has 2 aromatic carbocycles. The second-order valence-corrected chi connectivity index (χ2v) is 9.97. The Hall–Kier alpha value is -3.70. The van der Waals surface area contributed by atoms with E-state index < -0.39 is 6.85 Å². The third-order valence-corrected chi connectivity index (χ3v) is 6.95. The first-order chi connectivity index (χ1) is 19.3. The van der Waals surface area contributed by atoms with Crippen molar-refractivity contribution in [3.8, 4) is 22.5 Å². The molecule has 7 aromatic rings. The van der Waals surface area contributed by atoms with Crippen molar-refractivity contribution in [1.82, 2.24) is 15.0 Å². The van der Waals surface area contributed by atoms with Crippen LogP contribution in [-0.2, 0) is 20.1 Å². The quantitative estimate of drug-likeness (QED) is 0.171. The fourth-order valence-corrected chi connectivity index (χ4v) is 5.04. The van der Waals surface area contributed by atoms with Gasteiger partial charge in [0.15, 0.2) is 0 Å². The molecule has 0 amide bonds.